The van der Waals surface area contributed by atoms with Gasteiger partial charge < -0.3 is 14.8 Å². The van der Waals surface area contributed by atoms with Crippen molar-refractivity contribution < 1.29 is 14.3 Å². The summed E-state index contributed by atoms with van der Waals surface area (Å²) >= 11 is 0. The smallest absolute Gasteiger partial charge is 0.226 e. The highest BCUT2D eigenvalue weighted by atomic mass is 16.5. The number of anilines is 1. The minimum absolute atomic E-state index is 0.0113. The summed E-state index contributed by atoms with van der Waals surface area (Å²) in [6.07, 6.45) is 3.77. The largest absolute Gasteiger partial charge is 0.379 e. The molecular formula is C20H30N2O3. The molecule has 25 heavy (non-hydrogen) atoms. The second kappa shape index (κ2) is 8.79. The second-order valence-corrected chi connectivity index (χ2v) is 7.42. The van der Waals surface area contributed by atoms with Gasteiger partial charge in [-0.2, -0.15) is 0 Å². The van der Waals surface area contributed by atoms with E-state index in [4.69, 9.17) is 9.47 Å². The van der Waals surface area contributed by atoms with Crippen LogP contribution in [0, 0.1) is 5.92 Å². The van der Waals surface area contributed by atoms with E-state index in [0.29, 0.717) is 6.10 Å². The summed E-state index contributed by atoms with van der Waals surface area (Å²) in [5.41, 5.74) is 2.10. The molecule has 0 aromatic heterocycles. The monoisotopic (exact) mass is 346 g/mol. The minimum atomic E-state index is -0.0113. The van der Waals surface area contributed by atoms with Crippen LogP contribution in [0.2, 0.25) is 0 Å². The van der Waals surface area contributed by atoms with E-state index in [2.05, 4.69) is 22.3 Å². The molecule has 2 aliphatic heterocycles. The van der Waals surface area contributed by atoms with Crippen molar-refractivity contribution in [3.63, 3.8) is 0 Å². The molecular weight excluding hydrogens is 316 g/mol. The van der Waals surface area contributed by atoms with E-state index in [1.165, 1.54) is 5.56 Å². The van der Waals surface area contributed by atoms with Crippen molar-refractivity contribution in [2.45, 2.75) is 45.3 Å². The third kappa shape index (κ3) is 5.53. The lowest BCUT2D eigenvalue weighted by Gasteiger charge is -2.28. The van der Waals surface area contributed by atoms with Gasteiger partial charge >= 0.3 is 0 Å². The predicted molar refractivity (Wildman–Crippen MR) is 98.8 cm³/mol. The van der Waals surface area contributed by atoms with E-state index >= 15 is 0 Å². The average molecular weight is 346 g/mol. The van der Waals surface area contributed by atoms with Gasteiger partial charge in [0.2, 0.25) is 5.91 Å². The maximum Gasteiger partial charge on any atom is 0.226 e. The van der Waals surface area contributed by atoms with Crippen molar-refractivity contribution in [3.8, 4) is 0 Å². The molecule has 5 nitrogen and oxygen atoms in total. The van der Waals surface area contributed by atoms with Crippen LogP contribution in [0.5, 0.6) is 0 Å². The lowest BCUT2D eigenvalue weighted by molar-refractivity contribution is -0.118. The first-order valence-corrected chi connectivity index (χ1v) is 9.45. The van der Waals surface area contributed by atoms with Crippen LogP contribution in [-0.2, 0) is 20.7 Å². The molecule has 2 aliphatic rings. The van der Waals surface area contributed by atoms with Crippen molar-refractivity contribution in [1.82, 2.24) is 4.90 Å². The van der Waals surface area contributed by atoms with Gasteiger partial charge in [0.25, 0.3) is 0 Å². The Morgan fingerprint density at radius 2 is 2.00 bits per heavy atom. The molecule has 0 bridgehead atoms. The number of hydrogen-bond donors (Lipinski definition) is 1. The van der Waals surface area contributed by atoms with Gasteiger partial charge in [-0.3, -0.25) is 9.69 Å². The van der Waals surface area contributed by atoms with Gasteiger partial charge in [-0.25, -0.2) is 0 Å². The molecule has 0 aliphatic carbocycles. The van der Waals surface area contributed by atoms with E-state index in [1.54, 1.807) is 0 Å². The molecule has 2 heterocycles. The highest BCUT2D eigenvalue weighted by Crippen LogP contribution is 2.25. The minimum Gasteiger partial charge on any atom is -0.379 e. The van der Waals surface area contributed by atoms with Gasteiger partial charge in [-0.15, -0.1) is 0 Å². The molecule has 2 atom stereocenters. The summed E-state index contributed by atoms with van der Waals surface area (Å²) in [7, 11) is 0. The number of rotatable bonds is 6. The number of morpholine rings is 1. The summed E-state index contributed by atoms with van der Waals surface area (Å²) in [5, 5.41) is 2.97. The van der Waals surface area contributed by atoms with Gasteiger partial charge in [-0.05, 0) is 37.0 Å². The molecule has 0 spiro atoms. The van der Waals surface area contributed by atoms with Crippen LogP contribution < -0.4 is 5.32 Å². The van der Waals surface area contributed by atoms with Crippen LogP contribution in [0.25, 0.3) is 0 Å². The summed E-state index contributed by atoms with van der Waals surface area (Å²) in [6.45, 7) is 8.53. The van der Waals surface area contributed by atoms with Crippen molar-refractivity contribution in [3.05, 3.63) is 29.8 Å². The lowest BCUT2D eigenvalue weighted by Crippen LogP contribution is -2.41. The summed E-state index contributed by atoms with van der Waals surface area (Å²) < 4.78 is 11.7. The summed E-state index contributed by atoms with van der Waals surface area (Å²) in [4.78, 5) is 14.3. The maximum atomic E-state index is 11.9. The third-order valence-electron chi connectivity index (χ3n) is 4.94. The van der Waals surface area contributed by atoms with Gasteiger partial charge in [0.1, 0.15) is 0 Å². The molecule has 0 unspecified atom stereocenters. The molecule has 0 saturated carbocycles. The summed E-state index contributed by atoms with van der Waals surface area (Å²) in [6, 6.07) is 8.13. The van der Waals surface area contributed by atoms with Gasteiger partial charge in [0, 0.05) is 31.2 Å². The Bertz CT molecular complexity index is 570. The van der Waals surface area contributed by atoms with Gasteiger partial charge in [-0.1, -0.05) is 26.0 Å². The topological polar surface area (TPSA) is 50.8 Å². The number of carbonyl (C=O) groups excluding carboxylic acids is 1. The zero-order valence-corrected chi connectivity index (χ0v) is 15.4. The molecule has 138 valence electrons. The van der Waals surface area contributed by atoms with Crippen LogP contribution in [0.3, 0.4) is 0 Å². The SMILES string of the molecule is CC(C)C(=O)Nc1cccc(C[C@@H]2CC[C@H](CN3CCOCC3)O2)c1. The number of nitrogens with one attached hydrogen (secondary N) is 1. The second-order valence-electron chi connectivity index (χ2n) is 7.42. The molecule has 1 N–H and O–H groups in total. The van der Waals surface area contributed by atoms with E-state index in [-0.39, 0.29) is 17.9 Å². The van der Waals surface area contributed by atoms with Crippen LogP contribution in [-0.4, -0.2) is 55.9 Å². The van der Waals surface area contributed by atoms with E-state index < -0.39 is 0 Å². The van der Waals surface area contributed by atoms with Crippen LogP contribution in [0.15, 0.2) is 24.3 Å². The quantitative estimate of drug-likeness (QED) is 0.860. The maximum absolute atomic E-state index is 11.9. The Balaban J connectivity index is 1.48. The number of hydrogen-bond acceptors (Lipinski definition) is 4. The number of amides is 1. The molecule has 0 radical (unpaired) electrons. The standard InChI is InChI=1S/C20H30N2O3/c1-15(2)20(23)21-17-5-3-4-16(12-17)13-18-6-7-19(25-18)14-22-8-10-24-11-9-22/h3-5,12,15,18-19H,6-11,13-14H2,1-2H3,(H,21,23)/t18-,19+/m0/s1. The molecule has 1 aromatic carbocycles. The van der Waals surface area contributed by atoms with Crippen molar-refractivity contribution in [2.75, 3.05) is 38.2 Å². The zero-order valence-electron chi connectivity index (χ0n) is 15.4. The first-order chi connectivity index (χ1) is 12.1. The first-order valence-electron chi connectivity index (χ1n) is 9.45. The number of ether oxygens (including phenoxy) is 2. The van der Waals surface area contributed by atoms with Crippen LogP contribution in [0.4, 0.5) is 5.69 Å². The summed E-state index contributed by atoms with van der Waals surface area (Å²) in [5.74, 6) is 0.0441. The third-order valence-corrected chi connectivity index (χ3v) is 4.94. The zero-order chi connectivity index (χ0) is 17.6. The molecule has 1 aromatic rings. The average Bonchev–Trinajstić information content (AvgIpc) is 3.03. The fourth-order valence-corrected chi connectivity index (χ4v) is 3.46. The predicted octanol–water partition coefficient (Wildman–Crippen LogP) is 2.70. The Morgan fingerprint density at radius 1 is 1.24 bits per heavy atom. The Hall–Kier alpha value is -1.43. The number of nitrogens with zero attached hydrogens (tertiary/aromatic N) is 1. The van der Waals surface area contributed by atoms with Crippen LogP contribution >= 0.6 is 0 Å². The normalized spacial score (nSPS) is 24.6. The fraction of sp³-hybridized carbons (Fsp3) is 0.650. The fourth-order valence-electron chi connectivity index (χ4n) is 3.46. The van der Waals surface area contributed by atoms with Crippen molar-refractivity contribution in [2.24, 2.45) is 5.92 Å². The Kier molecular flexibility index (Phi) is 6.45. The van der Waals surface area contributed by atoms with Crippen LogP contribution in [0.1, 0.15) is 32.3 Å². The van der Waals surface area contributed by atoms with Crippen molar-refractivity contribution >= 4 is 11.6 Å². The molecule has 5 heteroatoms. The van der Waals surface area contributed by atoms with E-state index in [0.717, 1.165) is 57.8 Å². The number of carbonyl (C=O) groups is 1. The first kappa shape index (κ1) is 18.4. The van der Waals surface area contributed by atoms with Gasteiger partial charge in [0.15, 0.2) is 0 Å². The molecule has 2 saturated heterocycles. The Labute approximate surface area is 150 Å². The van der Waals surface area contributed by atoms with E-state index in [1.807, 2.05) is 26.0 Å². The van der Waals surface area contributed by atoms with Gasteiger partial charge in [0.05, 0.1) is 25.4 Å². The molecule has 2 fully saturated rings. The highest BCUT2D eigenvalue weighted by Gasteiger charge is 2.27. The van der Waals surface area contributed by atoms with Crippen molar-refractivity contribution in [1.29, 1.82) is 0 Å². The number of benzene rings is 1. The van der Waals surface area contributed by atoms with E-state index in [9.17, 15) is 4.79 Å². The Morgan fingerprint density at radius 3 is 2.76 bits per heavy atom. The lowest BCUT2D eigenvalue weighted by atomic mass is 10.0. The highest BCUT2D eigenvalue weighted by molar-refractivity contribution is 5.92. The molecule has 3 rings (SSSR count). The molecule has 1 amide bonds.